The first kappa shape index (κ1) is 12.0. The van der Waals surface area contributed by atoms with Crippen LogP contribution in [0, 0.1) is 0 Å². The molecule has 0 spiro atoms. The molecule has 0 aliphatic carbocycles. The predicted molar refractivity (Wildman–Crippen MR) is 57.6 cm³/mol. The Balaban J connectivity index is 3.62. The van der Waals surface area contributed by atoms with Crippen molar-refractivity contribution < 1.29 is 0 Å². The van der Waals surface area contributed by atoms with E-state index >= 15 is 0 Å². The van der Waals surface area contributed by atoms with Gasteiger partial charge < -0.3 is 16.8 Å². The summed E-state index contributed by atoms with van der Waals surface area (Å²) in [4.78, 5) is 3.90. The predicted octanol–water partition coefficient (Wildman–Crippen LogP) is 0.204. The van der Waals surface area contributed by atoms with Crippen molar-refractivity contribution in [3.05, 3.63) is 12.2 Å². The molecule has 1 unspecified atom stereocenters. The lowest BCUT2D eigenvalue weighted by Crippen LogP contribution is -2.26. The van der Waals surface area contributed by atoms with Crippen LogP contribution in [0.1, 0.15) is 19.8 Å². The lowest BCUT2D eigenvalue weighted by Gasteiger charge is -2.14. The van der Waals surface area contributed by atoms with Gasteiger partial charge in [0, 0.05) is 12.6 Å². The number of guanidine groups is 1. The highest BCUT2D eigenvalue weighted by Crippen LogP contribution is 2.05. The van der Waals surface area contributed by atoms with E-state index in [4.69, 9.17) is 11.5 Å². The molecule has 0 heterocycles. The number of nitrogens with one attached hydrogen (secondary N) is 1. The van der Waals surface area contributed by atoms with Gasteiger partial charge in [0.25, 0.3) is 0 Å². The highest BCUT2D eigenvalue weighted by molar-refractivity contribution is 5.75. The highest BCUT2D eigenvalue weighted by Gasteiger charge is 2.04. The first-order valence-corrected chi connectivity index (χ1v) is 4.46. The van der Waals surface area contributed by atoms with Crippen LogP contribution < -0.4 is 16.8 Å². The van der Waals surface area contributed by atoms with Crippen LogP contribution in [0.4, 0.5) is 0 Å². The summed E-state index contributed by atoms with van der Waals surface area (Å²) in [7, 11) is 1.93. The lowest BCUT2D eigenvalue weighted by atomic mass is 10.1. The van der Waals surface area contributed by atoms with Gasteiger partial charge in [0.2, 0.25) is 0 Å². The summed E-state index contributed by atoms with van der Waals surface area (Å²) in [6.07, 6.45) is 1.98. The number of aliphatic imine (C=N–C) groups is 1. The first-order valence-electron chi connectivity index (χ1n) is 4.46. The number of nitrogens with two attached hydrogens (primary N) is 2. The van der Waals surface area contributed by atoms with Crippen molar-refractivity contribution in [2.45, 2.75) is 25.8 Å². The summed E-state index contributed by atoms with van der Waals surface area (Å²) < 4.78 is 0. The molecular formula is C9H20N4. The summed E-state index contributed by atoms with van der Waals surface area (Å²) in [5.41, 5.74) is 11.5. The molecule has 0 aliphatic rings. The Morgan fingerprint density at radius 1 is 1.54 bits per heavy atom. The average molecular weight is 184 g/mol. The molecule has 0 saturated carbocycles. The third-order valence-corrected chi connectivity index (χ3v) is 1.89. The van der Waals surface area contributed by atoms with Crippen molar-refractivity contribution in [1.82, 2.24) is 5.32 Å². The van der Waals surface area contributed by atoms with Gasteiger partial charge in [0.1, 0.15) is 0 Å². The van der Waals surface area contributed by atoms with Gasteiger partial charge in [-0.1, -0.05) is 12.2 Å². The summed E-state index contributed by atoms with van der Waals surface area (Å²) in [6, 6.07) is 0.370. The smallest absolute Gasteiger partial charge is 0.185 e. The quantitative estimate of drug-likeness (QED) is 0.239. The molecule has 0 aliphatic heterocycles. The average Bonchev–Trinajstić information content (AvgIpc) is 2.03. The SMILES string of the molecule is C=C(C)C(CCCN=C(N)N)NC. The maximum atomic E-state index is 5.20. The van der Waals surface area contributed by atoms with Crippen LogP contribution >= 0.6 is 0 Å². The molecule has 76 valence electrons. The zero-order valence-corrected chi connectivity index (χ0v) is 8.51. The van der Waals surface area contributed by atoms with Gasteiger partial charge in [0.05, 0.1) is 0 Å². The van der Waals surface area contributed by atoms with Crippen LogP contribution in [0.2, 0.25) is 0 Å². The fraction of sp³-hybridized carbons (Fsp3) is 0.667. The van der Waals surface area contributed by atoms with E-state index in [0.717, 1.165) is 18.4 Å². The van der Waals surface area contributed by atoms with Crippen molar-refractivity contribution in [3.63, 3.8) is 0 Å². The van der Waals surface area contributed by atoms with Crippen molar-refractivity contribution in [1.29, 1.82) is 0 Å². The summed E-state index contributed by atoms with van der Waals surface area (Å²) in [6.45, 7) is 6.60. The normalized spacial score (nSPS) is 12.2. The zero-order valence-electron chi connectivity index (χ0n) is 8.51. The molecule has 0 aromatic carbocycles. The van der Waals surface area contributed by atoms with Crippen LogP contribution in [0.5, 0.6) is 0 Å². The Bertz CT molecular complexity index is 182. The lowest BCUT2D eigenvalue weighted by molar-refractivity contribution is 0.568. The van der Waals surface area contributed by atoms with Gasteiger partial charge in [-0.05, 0) is 26.8 Å². The van der Waals surface area contributed by atoms with Crippen LogP contribution in [0.3, 0.4) is 0 Å². The van der Waals surface area contributed by atoms with E-state index < -0.39 is 0 Å². The van der Waals surface area contributed by atoms with Crippen molar-refractivity contribution in [3.8, 4) is 0 Å². The standard InChI is InChI=1S/C9H20N4/c1-7(2)8(12-3)5-4-6-13-9(10)11/h8,12H,1,4-6H2,2-3H3,(H4,10,11,13). The summed E-state index contributed by atoms with van der Waals surface area (Å²) in [5, 5.41) is 3.18. The molecule has 5 N–H and O–H groups in total. The van der Waals surface area contributed by atoms with Crippen LogP contribution in [-0.2, 0) is 0 Å². The van der Waals surface area contributed by atoms with E-state index in [1.807, 2.05) is 14.0 Å². The Kier molecular flexibility index (Phi) is 5.97. The van der Waals surface area contributed by atoms with E-state index in [-0.39, 0.29) is 5.96 Å². The van der Waals surface area contributed by atoms with Gasteiger partial charge in [-0.25, -0.2) is 0 Å². The first-order chi connectivity index (χ1) is 6.07. The maximum absolute atomic E-state index is 5.20. The second-order valence-corrected chi connectivity index (χ2v) is 3.14. The number of nitrogens with zero attached hydrogens (tertiary/aromatic N) is 1. The second kappa shape index (κ2) is 6.48. The van der Waals surface area contributed by atoms with E-state index in [1.165, 1.54) is 0 Å². The number of rotatable bonds is 6. The maximum Gasteiger partial charge on any atom is 0.185 e. The third-order valence-electron chi connectivity index (χ3n) is 1.89. The van der Waals surface area contributed by atoms with Crippen molar-refractivity contribution >= 4 is 5.96 Å². The molecule has 0 fully saturated rings. The zero-order chi connectivity index (χ0) is 10.3. The van der Waals surface area contributed by atoms with Gasteiger partial charge in [0.15, 0.2) is 5.96 Å². The number of hydrogen-bond donors (Lipinski definition) is 3. The molecule has 0 saturated heterocycles. The van der Waals surface area contributed by atoms with Crippen LogP contribution in [-0.4, -0.2) is 25.6 Å². The van der Waals surface area contributed by atoms with E-state index in [0.29, 0.717) is 12.6 Å². The van der Waals surface area contributed by atoms with Crippen molar-refractivity contribution in [2.75, 3.05) is 13.6 Å². The molecular weight excluding hydrogens is 164 g/mol. The molecule has 13 heavy (non-hydrogen) atoms. The van der Waals surface area contributed by atoms with Crippen LogP contribution in [0.25, 0.3) is 0 Å². The van der Waals surface area contributed by atoms with Gasteiger partial charge >= 0.3 is 0 Å². The van der Waals surface area contributed by atoms with E-state index in [1.54, 1.807) is 0 Å². The second-order valence-electron chi connectivity index (χ2n) is 3.14. The minimum absolute atomic E-state index is 0.163. The fourth-order valence-corrected chi connectivity index (χ4v) is 1.14. The number of likely N-dealkylation sites (N-methyl/N-ethyl adjacent to an activating group) is 1. The molecule has 0 radical (unpaired) electrons. The van der Waals surface area contributed by atoms with Crippen molar-refractivity contribution in [2.24, 2.45) is 16.5 Å². The molecule has 0 aromatic rings. The van der Waals surface area contributed by atoms with E-state index in [9.17, 15) is 0 Å². The molecule has 4 heteroatoms. The van der Waals surface area contributed by atoms with E-state index in [2.05, 4.69) is 16.9 Å². The fourth-order valence-electron chi connectivity index (χ4n) is 1.14. The Morgan fingerprint density at radius 2 is 2.15 bits per heavy atom. The van der Waals surface area contributed by atoms with Crippen LogP contribution in [0.15, 0.2) is 17.1 Å². The summed E-state index contributed by atoms with van der Waals surface area (Å²) in [5.74, 6) is 0.163. The number of hydrogen-bond acceptors (Lipinski definition) is 2. The van der Waals surface area contributed by atoms with Gasteiger partial charge in [-0.2, -0.15) is 0 Å². The minimum atomic E-state index is 0.163. The highest BCUT2D eigenvalue weighted by atomic mass is 15.0. The molecule has 0 rings (SSSR count). The Morgan fingerprint density at radius 3 is 2.54 bits per heavy atom. The molecule has 0 aromatic heterocycles. The molecule has 0 amide bonds. The molecule has 4 nitrogen and oxygen atoms in total. The minimum Gasteiger partial charge on any atom is -0.370 e. The Hall–Kier alpha value is -1.03. The monoisotopic (exact) mass is 184 g/mol. The molecule has 1 atom stereocenters. The summed E-state index contributed by atoms with van der Waals surface area (Å²) >= 11 is 0. The molecule has 0 bridgehead atoms. The van der Waals surface area contributed by atoms with Gasteiger partial charge in [-0.15, -0.1) is 0 Å². The third kappa shape index (κ3) is 6.16. The largest absolute Gasteiger partial charge is 0.370 e. The topological polar surface area (TPSA) is 76.4 Å². The van der Waals surface area contributed by atoms with Gasteiger partial charge in [-0.3, -0.25) is 4.99 Å². The Labute approximate surface area is 80.1 Å².